The summed E-state index contributed by atoms with van der Waals surface area (Å²) in [5.41, 5.74) is 5.67. The fraction of sp³-hybridized carbons (Fsp3) is 0.300. The minimum absolute atomic E-state index is 0.214. The lowest BCUT2D eigenvalue weighted by molar-refractivity contribution is 0.584. The average molecular weight is 211 g/mol. The quantitative estimate of drug-likeness (QED) is 0.735. The van der Waals surface area contributed by atoms with Gasteiger partial charge in [0, 0.05) is 19.0 Å². The van der Waals surface area contributed by atoms with E-state index in [0.29, 0.717) is 0 Å². The minimum Gasteiger partial charge on any atom is -0.297 e. The zero-order valence-electron chi connectivity index (χ0n) is 8.06. The molecule has 1 heterocycles. The number of rotatable bonds is 2. The molecule has 0 radical (unpaired) electrons. The Labute approximate surface area is 86.2 Å². The highest BCUT2D eigenvalue weighted by Crippen LogP contribution is 2.14. The van der Waals surface area contributed by atoms with Crippen molar-refractivity contribution in [2.45, 2.75) is 12.8 Å². The number of hydrazine groups is 1. The molecule has 15 heavy (non-hydrogen) atoms. The SMILES string of the molecule is Fc1ccc(NNC2=NCCC2)c(F)c1. The Kier molecular flexibility index (Phi) is 2.80. The van der Waals surface area contributed by atoms with E-state index in [2.05, 4.69) is 15.8 Å². The maximum absolute atomic E-state index is 13.1. The van der Waals surface area contributed by atoms with Gasteiger partial charge in [-0.1, -0.05) is 0 Å². The van der Waals surface area contributed by atoms with Gasteiger partial charge in [-0.15, -0.1) is 0 Å². The van der Waals surface area contributed by atoms with Gasteiger partial charge in [0.1, 0.15) is 11.7 Å². The highest BCUT2D eigenvalue weighted by atomic mass is 19.1. The van der Waals surface area contributed by atoms with Gasteiger partial charge in [-0.3, -0.25) is 15.8 Å². The number of amidine groups is 1. The van der Waals surface area contributed by atoms with Crippen molar-refractivity contribution in [2.75, 3.05) is 12.0 Å². The van der Waals surface area contributed by atoms with Gasteiger partial charge in [0.05, 0.1) is 5.69 Å². The molecule has 80 valence electrons. The van der Waals surface area contributed by atoms with E-state index in [9.17, 15) is 8.78 Å². The van der Waals surface area contributed by atoms with Gasteiger partial charge in [-0.25, -0.2) is 8.78 Å². The molecule has 1 aromatic rings. The lowest BCUT2D eigenvalue weighted by atomic mass is 10.3. The number of nitrogens with zero attached hydrogens (tertiary/aromatic N) is 1. The molecule has 0 fully saturated rings. The predicted octanol–water partition coefficient (Wildman–Crippen LogP) is 2.07. The van der Waals surface area contributed by atoms with Gasteiger partial charge in [-0.05, 0) is 18.6 Å². The van der Waals surface area contributed by atoms with Crippen molar-refractivity contribution in [1.82, 2.24) is 5.43 Å². The van der Waals surface area contributed by atoms with Crippen LogP contribution in [0, 0.1) is 11.6 Å². The molecule has 0 aromatic heterocycles. The summed E-state index contributed by atoms with van der Waals surface area (Å²) in [5.74, 6) is -0.406. The summed E-state index contributed by atoms with van der Waals surface area (Å²) in [6.45, 7) is 0.802. The van der Waals surface area contributed by atoms with E-state index in [4.69, 9.17) is 0 Å². The van der Waals surface area contributed by atoms with E-state index in [-0.39, 0.29) is 5.69 Å². The molecule has 0 spiro atoms. The van der Waals surface area contributed by atoms with E-state index >= 15 is 0 Å². The van der Waals surface area contributed by atoms with Crippen LogP contribution in [0.4, 0.5) is 14.5 Å². The molecule has 0 amide bonds. The normalized spacial score (nSPS) is 14.9. The van der Waals surface area contributed by atoms with Crippen LogP contribution in [0.5, 0.6) is 0 Å². The van der Waals surface area contributed by atoms with Crippen molar-refractivity contribution in [3.63, 3.8) is 0 Å². The molecule has 0 atom stereocenters. The smallest absolute Gasteiger partial charge is 0.150 e. The molecule has 0 bridgehead atoms. The molecule has 1 aromatic carbocycles. The summed E-state index contributed by atoms with van der Waals surface area (Å²) >= 11 is 0. The summed E-state index contributed by atoms with van der Waals surface area (Å²) in [7, 11) is 0. The Bertz CT molecular complexity index is 390. The third kappa shape index (κ3) is 2.43. The van der Waals surface area contributed by atoms with Crippen molar-refractivity contribution in [3.8, 4) is 0 Å². The van der Waals surface area contributed by atoms with E-state index in [0.717, 1.165) is 31.3 Å². The Morgan fingerprint density at radius 2 is 2.07 bits per heavy atom. The van der Waals surface area contributed by atoms with Gasteiger partial charge in [-0.2, -0.15) is 0 Å². The second-order valence-electron chi connectivity index (χ2n) is 3.31. The van der Waals surface area contributed by atoms with Crippen molar-refractivity contribution in [2.24, 2.45) is 4.99 Å². The minimum atomic E-state index is -0.624. The maximum atomic E-state index is 13.1. The molecule has 1 aliphatic heterocycles. The fourth-order valence-electron chi connectivity index (χ4n) is 1.37. The Hall–Kier alpha value is -1.65. The van der Waals surface area contributed by atoms with E-state index < -0.39 is 11.6 Å². The topological polar surface area (TPSA) is 36.4 Å². The van der Waals surface area contributed by atoms with E-state index in [1.54, 1.807) is 0 Å². The van der Waals surface area contributed by atoms with E-state index in [1.165, 1.54) is 12.1 Å². The third-order valence-corrected chi connectivity index (χ3v) is 2.15. The zero-order chi connectivity index (χ0) is 10.7. The summed E-state index contributed by atoms with van der Waals surface area (Å²) in [5, 5.41) is 0. The first-order valence-corrected chi connectivity index (χ1v) is 4.76. The Morgan fingerprint density at radius 3 is 2.73 bits per heavy atom. The first-order chi connectivity index (χ1) is 7.25. The molecule has 0 saturated carbocycles. The van der Waals surface area contributed by atoms with Gasteiger partial charge < -0.3 is 0 Å². The number of nitrogens with one attached hydrogen (secondary N) is 2. The zero-order valence-corrected chi connectivity index (χ0v) is 8.06. The van der Waals surface area contributed by atoms with Crippen LogP contribution in [0.3, 0.4) is 0 Å². The first-order valence-electron chi connectivity index (χ1n) is 4.76. The second kappa shape index (κ2) is 4.25. The standard InChI is InChI=1S/C10H11F2N3/c11-7-3-4-9(8(12)6-7)14-15-10-2-1-5-13-10/h3-4,6,14H,1-2,5H2,(H,13,15). The van der Waals surface area contributed by atoms with Gasteiger partial charge >= 0.3 is 0 Å². The second-order valence-corrected chi connectivity index (χ2v) is 3.31. The average Bonchev–Trinajstić information content (AvgIpc) is 2.69. The predicted molar refractivity (Wildman–Crippen MR) is 54.7 cm³/mol. The van der Waals surface area contributed by atoms with Gasteiger partial charge in [0.2, 0.25) is 0 Å². The van der Waals surface area contributed by atoms with Crippen LogP contribution in [-0.4, -0.2) is 12.4 Å². The van der Waals surface area contributed by atoms with Crippen LogP contribution < -0.4 is 10.9 Å². The lowest BCUT2D eigenvalue weighted by Gasteiger charge is -2.09. The number of hydrogen-bond donors (Lipinski definition) is 2. The molecule has 2 N–H and O–H groups in total. The molecule has 0 unspecified atom stereocenters. The largest absolute Gasteiger partial charge is 0.297 e. The molecular formula is C10H11F2N3. The highest BCUT2D eigenvalue weighted by molar-refractivity contribution is 5.84. The molecule has 2 rings (SSSR count). The Morgan fingerprint density at radius 1 is 1.20 bits per heavy atom. The molecule has 3 nitrogen and oxygen atoms in total. The third-order valence-electron chi connectivity index (χ3n) is 2.15. The van der Waals surface area contributed by atoms with Crippen molar-refractivity contribution < 1.29 is 8.78 Å². The molecular weight excluding hydrogens is 200 g/mol. The molecule has 1 aliphatic rings. The number of hydrogen-bond acceptors (Lipinski definition) is 3. The van der Waals surface area contributed by atoms with Gasteiger partial charge in [0.25, 0.3) is 0 Å². The molecule has 5 heteroatoms. The number of aliphatic imine (C=N–C) groups is 1. The lowest BCUT2D eigenvalue weighted by Crippen LogP contribution is -2.28. The van der Waals surface area contributed by atoms with Crippen LogP contribution in [-0.2, 0) is 0 Å². The Balaban J connectivity index is 1.98. The summed E-state index contributed by atoms with van der Waals surface area (Å²) in [4.78, 5) is 4.14. The summed E-state index contributed by atoms with van der Waals surface area (Å²) in [6.07, 6.45) is 1.87. The maximum Gasteiger partial charge on any atom is 0.150 e. The monoisotopic (exact) mass is 211 g/mol. The summed E-state index contributed by atoms with van der Waals surface area (Å²) in [6, 6.07) is 3.37. The number of benzene rings is 1. The summed E-state index contributed by atoms with van der Waals surface area (Å²) < 4.78 is 25.7. The van der Waals surface area contributed by atoms with Crippen LogP contribution in [0.25, 0.3) is 0 Å². The number of halogens is 2. The van der Waals surface area contributed by atoms with Gasteiger partial charge in [0.15, 0.2) is 5.82 Å². The van der Waals surface area contributed by atoms with Crippen LogP contribution in [0.1, 0.15) is 12.8 Å². The number of anilines is 1. The first kappa shape index (κ1) is 9.89. The van der Waals surface area contributed by atoms with Crippen molar-refractivity contribution >= 4 is 11.5 Å². The van der Waals surface area contributed by atoms with E-state index in [1.807, 2.05) is 0 Å². The van der Waals surface area contributed by atoms with Crippen LogP contribution in [0.15, 0.2) is 23.2 Å². The van der Waals surface area contributed by atoms with Crippen LogP contribution >= 0.6 is 0 Å². The molecule has 0 saturated heterocycles. The molecule has 0 aliphatic carbocycles. The van der Waals surface area contributed by atoms with Crippen LogP contribution in [0.2, 0.25) is 0 Å². The highest BCUT2D eigenvalue weighted by Gasteiger charge is 2.07. The fourth-order valence-corrected chi connectivity index (χ4v) is 1.37. The van der Waals surface area contributed by atoms with Crippen molar-refractivity contribution in [3.05, 3.63) is 29.8 Å². The van der Waals surface area contributed by atoms with Crippen molar-refractivity contribution in [1.29, 1.82) is 0 Å².